The number of piperidine rings is 1. The summed E-state index contributed by atoms with van der Waals surface area (Å²) < 4.78 is 1.79. The van der Waals surface area contributed by atoms with Crippen LogP contribution in [0.25, 0.3) is 16.2 Å². The molecule has 4 heterocycles. The van der Waals surface area contributed by atoms with E-state index in [-0.39, 0.29) is 23.5 Å². The van der Waals surface area contributed by atoms with Gasteiger partial charge >= 0.3 is 0 Å². The molecule has 1 amide bonds. The summed E-state index contributed by atoms with van der Waals surface area (Å²) in [7, 11) is 0. The van der Waals surface area contributed by atoms with Gasteiger partial charge in [-0.3, -0.25) is 4.79 Å². The lowest BCUT2D eigenvalue weighted by molar-refractivity contribution is 0.0541. The van der Waals surface area contributed by atoms with Gasteiger partial charge in [0, 0.05) is 36.8 Å². The number of carbonyl (C=O) groups excluding carboxylic acids is 1. The van der Waals surface area contributed by atoms with Crippen molar-refractivity contribution in [3.8, 4) is 11.4 Å². The maximum absolute atomic E-state index is 13.2. The highest BCUT2D eigenvalue weighted by Crippen LogP contribution is 2.28. The minimum atomic E-state index is -0.334. The lowest BCUT2D eigenvalue weighted by Gasteiger charge is -2.30. The summed E-state index contributed by atoms with van der Waals surface area (Å²) in [5.74, 6) is 0.976. The van der Waals surface area contributed by atoms with Gasteiger partial charge in [-0.05, 0) is 25.2 Å². The number of carbonyl (C=O) groups is 1. The molecule has 8 nitrogen and oxygen atoms in total. The third-order valence-corrected chi connectivity index (χ3v) is 6.62. The van der Waals surface area contributed by atoms with Gasteiger partial charge in [-0.15, -0.1) is 11.3 Å². The topological polar surface area (TPSA) is 95.7 Å². The Balaban J connectivity index is 1.72. The average Bonchev–Trinajstić information content (AvgIpc) is 3.30. The van der Waals surface area contributed by atoms with Crippen molar-refractivity contribution in [3.05, 3.63) is 29.5 Å². The van der Waals surface area contributed by atoms with Crippen LogP contribution in [0.2, 0.25) is 0 Å². The Morgan fingerprint density at radius 2 is 2.03 bits per heavy atom. The van der Waals surface area contributed by atoms with Crippen LogP contribution in [0, 0.1) is 5.41 Å². The largest absolute Gasteiger partial charge is 0.393 e. The fourth-order valence-corrected chi connectivity index (χ4v) is 4.09. The Hall–Kier alpha value is -2.52. The SMILES string of the molecule is C[C@@H](Nc1cc(C(=O)N2CCC(O)CC2)nc(-c2cnn3ccsc23)n1)C(C)(C)C. The van der Waals surface area contributed by atoms with Crippen molar-refractivity contribution in [1.29, 1.82) is 0 Å². The zero-order valence-electron chi connectivity index (χ0n) is 17.8. The number of nitrogens with one attached hydrogen (secondary N) is 1. The van der Waals surface area contributed by atoms with Crippen LogP contribution in [0.3, 0.4) is 0 Å². The molecule has 1 fully saturated rings. The van der Waals surface area contributed by atoms with Crippen molar-refractivity contribution in [2.24, 2.45) is 5.41 Å². The van der Waals surface area contributed by atoms with E-state index in [4.69, 9.17) is 4.98 Å². The fourth-order valence-electron chi connectivity index (χ4n) is 3.30. The number of thiazole rings is 1. The summed E-state index contributed by atoms with van der Waals surface area (Å²) in [4.78, 5) is 25.2. The van der Waals surface area contributed by atoms with Crippen LogP contribution >= 0.6 is 11.3 Å². The summed E-state index contributed by atoms with van der Waals surface area (Å²) >= 11 is 1.56. The van der Waals surface area contributed by atoms with E-state index in [1.165, 1.54) is 0 Å². The molecule has 1 aliphatic rings. The minimum absolute atomic E-state index is 0.0248. The summed E-state index contributed by atoms with van der Waals surface area (Å²) in [6.07, 6.45) is 4.48. The first-order valence-electron chi connectivity index (χ1n) is 10.3. The van der Waals surface area contributed by atoms with Crippen molar-refractivity contribution in [2.75, 3.05) is 18.4 Å². The van der Waals surface area contributed by atoms with Gasteiger partial charge in [-0.2, -0.15) is 5.10 Å². The number of likely N-dealkylation sites (tertiary alicyclic amines) is 1. The number of hydrogen-bond donors (Lipinski definition) is 2. The van der Waals surface area contributed by atoms with E-state index in [0.29, 0.717) is 43.3 Å². The molecule has 9 heteroatoms. The Morgan fingerprint density at radius 1 is 1.30 bits per heavy atom. The highest BCUT2D eigenvalue weighted by molar-refractivity contribution is 7.16. The van der Waals surface area contributed by atoms with Gasteiger partial charge in [0.15, 0.2) is 5.82 Å². The van der Waals surface area contributed by atoms with Crippen LogP contribution in [-0.2, 0) is 0 Å². The zero-order chi connectivity index (χ0) is 21.5. The second-order valence-electron chi connectivity index (χ2n) is 8.93. The third kappa shape index (κ3) is 4.17. The average molecular weight is 429 g/mol. The molecule has 3 aromatic rings. The number of hydrogen-bond acceptors (Lipinski definition) is 7. The molecule has 0 bridgehead atoms. The molecule has 0 saturated carbocycles. The van der Waals surface area contributed by atoms with E-state index < -0.39 is 0 Å². The first-order chi connectivity index (χ1) is 14.2. The van der Waals surface area contributed by atoms with E-state index in [1.807, 2.05) is 11.6 Å². The lowest BCUT2D eigenvalue weighted by Crippen LogP contribution is -2.40. The van der Waals surface area contributed by atoms with Gasteiger partial charge in [-0.1, -0.05) is 20.8 Å². The molecule has 0 spiro atoms. The van der Waals surface area contributed by atoms with Crippen molar-refractivity contribution < 1.29 is 9.90 Å². The minimum Gasteiger partial charge on any atom is -0.393 e. The smallest absolute Gasteiger partial charge is 0.272 e. The van der Waals surface area contributed by atoms with Crippen LogP contribution in [0.5, 0.6) is 0 Å². The monoisotopic (exact) mass is 428 g/mol. The van der Waals surface area contributed by atoms with Crippen LogP contribution in [-0.4, -0.2) is 60.7 Å². The van der Waals surface area contributed by atoms with Crippen molar-refractivity contribution >= 4 is 27.9 Å². The fraction of sp³-hybridized carbons (Fsp3) is 0.524. The van der Waals surface area contributed by atoms with E-state index in [1.54, 1.807) is 33.0 Å². The van der Waals surface area contributed by atoms with E-state index in [9.17, 15) is 9.90 Å². The second-order valence-corrected chi connectivity index (χ2v) is 9.82. The Morgan fingerprint density at radius 3 is 2.73 bits per heavy atom. The zero-order valence-corrected chi connectivity index (χ0v) is 18.6. The van der Waals surface area contributed by atoms with Crippen molar-refractivity contribution in [1.82, 2.24) is 24.5 Å². The van der Waals surface area contributed by atoms with Crippen LogP contribution in [0.15, 0.2) is 23.8 Å². The first-order valence-corrected chi connectivity index (χ1v) is 11.1. The predicted molar refractivity (Wildman–Crippen MR) is 118 cm³/mol. The normalized spacial score (nSPS) is 16.8. The maximum Gasteiger partial charge on any atom is 0.272 e. The van der Waals surface area contributed by atoms with Gasteiger partial charge in [0.1, 0.15) is 16.3 Å². The summed E-state index contributed by atoms with van der Waals surface area (Å²) in [5, 5.41) is 19.5. The number of amides is 1. The third-order valence-electron chi connectivity index (χ3n) is 5.73. The molecule has 0 unspecified atom stereocenters. The molecule has 0 aliphatic carbocycles. The number of anilines is 1. The molecule has 1 saturated heterocycles. The highest BCUT2D eigenvalue weighted by atomic mass is 32.1. The molecule has 2 N–H and O–H groups in total. The Kier molecular flexibility index (Phi) is 5.50. The highest BCUT2D eigenvalue weighted by Gasteiger charge is 2.26. The molecule has 0 aromatic carbocycles. The molecule has 1 aliphatic heterocycles. The van der Waals surface area contributed by atoms with Crippen LogP contribution in [0.4, 0.5) is 5.82 Å². The van der Waals surface area contributed by atoms with Gasteiger partial charge in [0.25, 0.3) is 5.91 Å². The molecule has 1 atom stereocenters. The summed E-state index contributed by atoms with van der Waals surface area (Å²) in [6.45, 7) is 9.64. The molecule has 30 heavy (non-hydrogen) atoms. The number of rotatable bonds is 4. The Bertz CT molecular complexity index is 1050. The van der Waals surface area contributed by atoms with Crippen molar-refractivity contribution in [2.45, 2.75) is 52.7 Å². The van der Waals surface area contributed by atoms with E-state index in [2.05, 4.69) is 43.1 Å². The summed E-state index contributed by atoms with van der Waals surface area (Å²) in [5.41, 5.74) is 1.19. The quantitative estimate of drug-likeness (QED) is 0.662. The maximum atomic E-state index is 13.2. The van der Waals surface area contributed by atoms with E-state index in [0.717, 1.165) is 10.4 Å². The Labute approximate surface area is 180 Å². The van der Waals surface area contributed by atoms with Gasteiger partial charge in [-0.25, -0.2) is 14.5 Å². The predicted octanol–water partition coefficient (Wildman–Crippen LogP) is 3.30. The molecule has 4 rings (SSSR count). The van der Waals surface area contributed by atoms with Gasteiger partial charge < -0.3 is 15.3 Å². The summed E-state index contributed by atoms with van der Waals surface area (Å²) in [6, 6.07) is 1.87. The molecular weight excluding hydrogens is 400 g/mol. The molecular formula is C21H28N6O2S. The first kappa shape index (κ1) is 20.7. The van der Waals surface area contributed by atoms with E-state index >= 15 is 0 Å². The molecule has 3 aromatic heterocycles. The lowest BCUT2D eigenvalue weighted by atomic mass is 9.88. The number of aliphatic hydroxyl groups excluding tert-OH is 1. The molecule has 160 valence electrons. The van der Waals surface area contributed by atoms with Crippen LogP contribution < -0.4 is 5.32 Å². The van der Waals surface area contributed by atoms with Crippen LogP contribution in [0.1, 0.15) is 51.0 Å². The van der Waals surface area contributed by atoms with Crippen molar-refractivity contribution in [3.63, 3.8) is 0 Å². The molecule has 0 radical (unpaired) electrons. The number of aliphatic hydroxyl groups is 1. The number of fused-ring (bicyclic) bond motifs is 1. The second kappa shape index (κ2) is 7.96. The number of aromatic nitrogens is 4. The standard InChI is InChI=1S/C21H28N6O2S/c1-13(21(2,3)4)23-17-11-16(19(29)26-7-5-14(28)6-8-26)24-18(25-17)15-12-22-27-9-10-30-20(15)27/h9-14,28H,5-8H2,1-4H3,(H,23,24,25)/t13-/m1/s1. The number of nitrogens with zero attached hydrogens (tertiary/aromatic N) is 5. The van der Waals surface area contributed by atoms with Gasteiger partial charge in [0.2, 0.25) is 0 Å². The van der Waals surface area contributed by atoms with Gasteiger partial charge in [0.05, 0.1) is 17.9 Å².